The van der Waals surface area contributed by atoms with Crippen LogP contribution in [0.2, 0.25) is 0 Å². The van der Waals surface area contributed by atoms with Crippen molar-refractivity contribution in [2.24, 2.45) is 0 Å². The van der Waals surface area contributed by atoms with E-state index in [1.807, 2.05) is 42.5 Å². The third kappa shape index (κ3) is 6.56. The number of nitrogens with zero attached hydrogens (tertiary/aromatic N) is 1. The van der Waals surface area contributed by atoms with Crippen molar-refractivity contribution in [3.8, 4) is 11.5 Å². The van der Waals surface area contributed by atoms with Crippen LogP contribution in [0.4, 0.5) is 5.82 Å². The minimum absolute atomic E-state index is 0.193. The number of nitrogens with one attached hydrogen (secondary N) is 1. The Bertz CT molecular complexity index is 1020. The quantitative estimate of drug-likeness (QED) is 0.403. The summed E-state index contributed by atoms with van der Waals surface area (Å²) < 4.78 is 11.1. The van der Waals surface area contributed by atoms with Crippen LogP contribution < -0.4 is 15.8 Å². The number of hydrogen-bond donors (Lipinski definition) is 2. The number of unbranched alkanes of at least 4 members (excludes halogenated alkanes) is 2. The molecule has 3 N–H and O–H groups in total. The lowest BCUT2D eigenvalue weighted by Crippen LogP contribution is -2.24. The molecule has 6 heteroatoms. The lowest BCUT2D eigenvalue weighted by Gasteiger charge is -2.12. The molecule has 0 aliphatic heterocycles. The number of carbonyl (C=O) groups is 1. The molecule has 0 spiro atoms. The van der Waals surface area contributed by atoms with Gasteiger partial charge in [-0.1, -0.05) is 50.1 Å². The molecular formula is C26H31N3O3. The molecule has 32 heavy (non-hydrogen) atoms. The molecule has 3 rings (SSSR count). The van der Waals surface area contributed by atoms with Crippen LogP contribution in [0.3, 0.4) is 0 Å². The summed E-state index contributed by atoms with van der Waals surface area (Å²) in [7, 11) is 1.58. The fraction of sp³-hybridized carbons (Fsp3) is 0.308. The van der Waals surface area contributed by atoms with Gasteiger partial charge < -0.3 is 20.5 Å². The van der Waals surface area contributed by atoms with Gasteiger partial charge in [0.2, 0.25) is 0 Å². The molecule has 0 bridgehead atoms. The first-order valence-electron chi connectivity index (χ1n) is 11.0. The summed E-state index contributed by atoms with van der Waals surface area (Å²) in [5.74, 6) is 1.59. The van der Waals surface area contributed by atoms with Crippen LogP contribution in [0.1, 0.15) is 53.4 Å². The number of ether oxygens (including phenoxy) is 2. The van der Waals surface area contributed by atoms with Crippen LogP contribution in [-0.2, 0) is 24.3 Å². The van der Waals surface area contributed by atoms with Crippen molar-refractivity contribution < 1.29 is 14.3 Å². The van der Waals surface area contributed by atoms with Gasteiger partial charge in [-0.15, -0.1) is 0 Å². The van der Waals surface area contributed by atoms with Crippen LogP contribution in [-0.4, -0.2) is 18.0 Å². The van der Waals surface area contributed by atoms with Crippen LogP contribution in [0, 0.1) is 0 Å². The zero-order valence-corrected chi connectivity index (χ0v) is 18.8. The van der Waals surface area contributed by atoms with Crippen molar-refractivity contribution >= 4 is 11.7 Å². The van der Waals surface area contributed by atoms with Crippen molar-refractivity contribution in [1.82, 2.24) is 10.3 Å². The van der Waals surface area contributed by atoms with E-state index in [9.17, 15) is 4.79 Å². The molecule has 0 aliphatic rings. The maximum atomic E-state index is 12.5. The van der Waals surface area contributed by atoms with Gasteiger partial charge in [-0.25, -0.2) is 4.98 Å². The van der Waals surface area contributed by atoms with E-state index in [1.165, 1.54) is 18.4 Å². The van der Waals surface area contributed by atoms with Gasteiger partial charge in [0, 0.05) is 13.7 Å². The number of methoxy groups -OCH3 is 1. The predicted octanol–water partition coefficient (Wildman–Crippen LogP) is 5.27. The third-order valence-electron chi connectivity index (χ3n) is 5.15. The molecule has 0 saturated heterocycles. The molecule has 0 aliphatic carbocycles. The lowest BCUT2D eigenvalue weighted by molar-refractivity contribution is 0.0951. The third-order valence-corrected chi connectivity index (χ3v) is 5.15. The Morgan fingerprint density at radius 3 is 2.53 bits per heavy atom. The summed E-state index contributed by atoms with van der Waals surface area (Å²) in [4.78, 5) is 16.7. The van der Waals surface area contributed by atoms with Crippen molar-refractivity contribution in [3.05, 3.63) is 83.0 Å². The number of aryl methyl sites for hydroxylation is 1. The average Bonchev–Trinajstić information content (AvgIpc) is 2.80. The van der Waals surface area contributed by atoms with E-state index < -0.39 is 0 Å². The summed E-state index contributed by atoms with van der Waals surface area (Å²) in [5, 5.41) is 2.88. The van der Waals surface area contributed by atoms with Gasteiger partial charge in [0.1, 0.15) is 17.3 Å². The van der Waals surface area contributed by atoms with Gasteiger partial charge in [-0.3, -0.25) is 4.79 Å². The van der Waals surface area contributed by atoms with E-state index in [1.54, 1.807) is 19.2 Å². The Morgan fingerprint density at radius 1 is 1.03 bits per heavy atom. The fourth-order valence-corrected chi connectivity index (χ4v) is 3.39. The molecule has 0 atom stereocenters. The molecule has 1 heterocycles. The first-order valence-corrected chi connectivity index (χ1v) is 11.0. The second-order valence-corrected chi connectivity index (χ2v) is 7.66. The van der Waals surface area contributed by atoms with Gasteiger partial charge in [0.05, 0.1) is 17.9 Å². The maximum Gasteiger partial charge on any atom is 0.255 e. The van der Waals surface area contributed by atoms with Gasteiger partial charge in [-0.05, 0) is 54.3 Å². The predicted molar refractivity (Wildman–Crippen MR) is 127 cm³/mol. The van der Waals surface area contributed by atoms with E-state index in [-0.39, 0.29) is 11.7 Å². The summed E-state index contributed by atoms with van der Waals surface area (Å²) in [5.41, 5.74) is 9.14. The Balaban J connectivity index is 1.57. The van der Waals surface area contributed by atoms with Crippen molar-refractivity contribution in [2.45, 2.75) is 45.8 Å². The fourth-order valence-electron chi connectivity index (χ4n) is 3.39. The maximum absolute atomic E-state index is 12.5. The van der Waals surface area contributed by atoms with E-state index in [2.05, 4.69) is 23.3 Å². The highest BCUT2D eigenvalue weighted by molar-refractivity contribution is 5.98. The molecule has 0 fully saturated rings. The van der Waals surface area contributed by atoms with E-state index in [0.717, 1.165) is 29.9 Å². The Hall–Kier alpha value is -3.38. The van der Waals surface area contributed by atoms with Gasteiger partial charge >= 0.3 is 0 Å². The minimum Gasteiger partial charge on any atom is -0.457 e. The monoisotopic (exact) mass is 433 g/mol. The van der Waals surface area contributed by atoms with Gasteiger partial charge in [0.15, 0.2) is 0 Å². The Morgan fingerprint density at radius 2 is 1.81 bits per heavy atom. The Labute approximate surface area is 189 Å². The number of hydrogen-bond acceptors (Lipinski definition) is 5. The number of benzene rings is 2. The lowest BCUT2D eigenvalue weighted by atomic mass is 10.1. The molecule has 1 amide bonds. The smallest absolute Gasteiger partial charge is 0.255 e. The Kier molecular flexibility index (Phi) is 8.63. The topological polar surface area (TPSA) is 86.5 Å². The molecule has 6 nitrogen and oxygen atoms in total. The summed E-state index contributed by atoms with van der Waals surface area (Å²) >= 11 is 0. The summed E-state index contributed by atoms with van der Waals surface area (Å²) in [6.07, 6.45) is 4.58. The summed E-state index contributed by atoms with van der Waals surface area (Å²) in [6.45, 7) is 2.94. The first kappa shape index (κ1) is 23.3. The standard InChI is InChI=1S/C26H31N3O3/c1-3-4-5-8-20-9-6-7-10-24(20)32-22-14-11-19(12-15-22)17-28-26(30)23-16-13-21(18-31-2)29-25(23)27/h6-7,9-16H,3-5,8,17-18H2,1-2H3,(H2,27,29)(H,28,30). The highest BCUT2D eigenvalue weighted by atomic mass is 16.5. The molecule has 2 aromatic carbocycles. The number of nitrogens with two attached hydrogens (primary N) is 1. The number of carbonyl (C=O) groups excluding carboxylic acids is 1. The molecule has 0 saturated carbocycles. The number of amides is 1. The van der Waals surface area contributed by atoms with Crippen molar-refractivity contribution in [2.75, 3.05) is 12.8 Å². The molecule has 0 unspecified atom stereocenters. The number of anilines is 1. The number of nitrogen functional groups attached to an aromatic ring is 1. The largest absolute Gasteiger partial charge is 0.457 e. The van der Waals surface area contributed by atoms with Gasteiger partial charge in [-0.2, -0.15) is 0 Å². The number of rotatable bonds is 11. The van der Waals surface area contributed by atoms with Crippen LogP contribution in [0.15, 0.2) is 60.7 Å². The molecule has 0 radical (unpaired) electrons. The summed E-state index contributed by atoms with van der Waals surface area (Å²) in [6, 6.07) is 19.3. The number of pyridine rings is 1. The molecule has 168 valence electrons. The highest BCUT2D eigenvalue weighted by Crippen LogP contribution is 2.27. The van der Waals surface area contributed by atoms with E-state index >= 15 is 0 Å². The van der Waals surface area contributed by atoms with Crippen molar-refractivity contribution in [1.29, 1.82) is 0 Å². The first-order chi connectivity index (χ1) is 15.6. The zero-order valence-electron chi connectivity index (χ0n) is 18.8. The molecule has 1 aromatic heterocycles. The highest BCUT2D eigenvalue weighted by Gasteiger charge is 2.11. The zero-order chi connectivity index (χ0) is 22.8. The number of aromatic nitrogens is 1. The molecular weight excluding hydrogens is 402 g/mol. The van der Waals surface area contributed by atoms with Gasteiger partial charge in [0.25, 0.3) is 5.91 Å². The van der Waals surface area contributed by atoms with E-state index in [0.29, 0.717) is 24.4 Å². The van der Waals surface area contributed by atoms with E-state index in [4.69, 9.17) is 15.2 Å². The number of para-hydroxylation sites is 1. The second-order valence-electron chi connectivity index (χ2n) is 7.66. The second kappa shape index (κ2) is 11.9. The van der Waals surface area contributed by atoms with Crippen LogP contribution in [0.25, 0.3) is 0 Å². The average molecular weight is 434 g/mol. The minimum atomic E-state index is -0.264. The normalized spacial score (nSPS) is 10.7. The van der Waals surface area contributed by atoms with Crippen molar-refractivity contribution in [3.63, 3.8) is 0 Å². The van der Waals surface area contributed by atoms with Crippen LogP contribution in [0.5, 0.6) is 11.5 Å². The van der Waals surface area contributed by atoms with Crippen LogP contribution >= 0.6 is 0 Å². The molecule has 3 aromatic rings. The SMILES string of the molecule is CCCCCc1ccccc1Oc1ccc(CNC(=O)c2ccc(COC)nc2N)cc1.